The Balaban J connectivity index is 1.29. The fourth-order valence-corrected chi connectivity index (χ4v) is 5.33. The van der Waals surface area contributed by atoms with Gasteiger partial charge < -0.3 is 19.9 Å². The number of unbranched alkanes of at least 4 members (excludes halogenated alkanes) is 1. The second kappa shape index (κ2) is 12.4. The first kappa shape index (κ1) is 25.5. The van der Waals surface area contributed by atoms with Gasteiger partial charge in [0.1, 0.15) is 5.75 Å². The van der Waals surface area contributed by atoms with Crippen LogP contribution in [0.3, 0.4) is 0 Å². The standard InChI is InChI=1S/C29H42N4O2/c1-4-5-21-35-27-17-15-26(16-18-27)33-20-19-32(29(33)34)25-13-11-24(12-14-25)30-28(22-31(2)3)23-9-7-6-8-10-23/h6-10,15-18,24-25,28,30H,4-5,11-14,19-22H2,1-3H3. The van der Waals surface area contributed by atoms with E-state index < -0.39 is 0 Å². The first-order valence-corrected chi connectivity index (χ1v) is 13.3. The number of benzene rings is 2. The van der Waals surface area contributed by atoms with Crippen LogP contribution in [-0.2, 0) is 0 Å². The molecule has 1 saturated heterocycles. The average molecular weight is 479 g/mol. The summed E-state index contributed by atoms with van der Waals surface area (Å²) in [5, 5.41) is 3.92. The summed E-state index contributed by atoms with van der Waals surface area (Å²) in [5.41, 5.74) is 2.31. The van der Waals surface area contributed by atoms with Crippen LogP contribution in [0.5, 0.6) is 5.75 Å². The van der Waals surface area contributed by atoms with E-state index in [1.165, 1.54) is 5.56 Å². The Kier molecular flexibility index (Phi) is 9.05. The molecule has 1 atom stereocenters. The molecule has 190 valence electrons. The lowest BCUT2D eigenvalue weighted by atomic mass is 9.89. The highest BCUT2D eigenvalue weighted by Gasteiger charge is 2.36. The molecule has 1 N–H and O–H groups in total. The van der Waals surface area contributed by atoms with Gasteiger partial charge in [-0.3, -0.25) is 4.90 Å². The molecule has 2 amide bonds. The molecule has 1 aliphatic heterocycles. The maximum absolute atomic E-state index is 13.3. The van der Waals surface area contributed by atoms with Gasteiger partial charge >= 0.3 is 6.03 Å². The Morgan fingerprint density at radius 2 is 1.71 bits per heavy atom. The summed E-state index contributed by atoms with van der Waals surface area (Å²) in [6.07, 6.45) is 6.51. The van der Waals surface area contributed by atoms with Crippen molar-refractivity contribution in [2.75, 3.05) is 45.2 Å². The summed E-state index contributed by atoms with van der Waals surface area (Å²) in [6.45, 7) is 5.44. The van der Waals surface area contributed by atoms with Crippen molar-refractivity contribution in [2.45, 2.75) is 63.6 Å². The number of amides is 2. The minimum atomic E-state index is 0.149. The van der Waals surface area contributed by atoms with Gasteiger partial charge in [-0.05, 0) is 76.0 Å². The Morgan fingerprint density at radius 1 is 1.00 bits per heavy atom. The van der Waals surface area contributed by atoms with Gasteiger partial charge in [0.15, 0.2) is 0 Å². The molecular formula is C29H42N4O2. The summed E-state index contributed by atoms with van der Waals surface area (Å²) in [5.74, 6) is 0.875. The Morgan fingerprint density at radius 3 is 2.37 bits per heavy atom. The maximum atomic E-state index is 13.3. The van der Waals surface area contributed by atoms with E-state index in [4.69, 9.17) is 4.74 Å². The van der Waals surface area contributed by atoms with Crippen LogP contribution in [-0.4, -0.2) is 68.3 Å². The lowest BCUT2D eigenvalue weighted by Gasteiger charge is -2.36. The van der Waals surface area contributed by atoms with Crippen LogP contribution in [0, 0.1) is 0 Å². The number of hydrogen-bond donors (Lipinski definition) is 1. The predicted molar refractivity (Wildman–Crippen MR) is 143 cm³/mol. The number of urea groups is 1. The monoisotopic (exact) mass is 478 g/mol. The van der Waals surface area contributed by atoms with Crippen molar-refractivity contribution in [3.8, 4) is 5.75 Å². The number of carbonyl (C=O) groups excluding carboxylic acids is 1. The fourth-order valence-electron chi connectivity index (χ4n) is 5.33. The number of carbonyl (C=O) groups is 1. The minimum Gasteiger partial charge on any atom is -0.494 e. The highest BCUT2D eigenvalue weighted by atomic mass is 16.5. The Bertz CT molecular complexity index is 910. The van der Waals surface area contributed by atoms with Gasteiger partial charge in [0.2, 0.25) is 0 Å². The first-order valence-electron chi connectivity index (χ1n) is 13.3. The topological polar surface area (TPSA) is 48.1 Å². The lowest BCUT2D eigenvalue weighted by molar-refractivity contribution is 0.167. The Hall–Kier alpha value is -2.57. The molecule has 6 heteroatoms. The summed E-state index contributed by atoms with van der Waals surface area (Å²) in [6, 6.07) is 20.0. The van der Waals surface area contributed by atoms with E-state index in [0.29, 0.717) is 18.1 Å². The number of hydrogen-bond acceptors (Lipinski definition) is 4. The summed E-state index contributed by atoms with van der Waals surface area (Å²) < 4.78 is 5.77. The normalized spacial score (nSPS) is 21.5. The number of nitrogens with zero attached hydrogens (tertiary/aromatic N) is 3. The molecule has 0 spiro atoms. The average Bonchev–Trinajstić information content (AvgIpc) is 3.26. The van der Waals surface area contributed by atoms with Crippen molar-refractivity contribution in [1.82, 2.24) is 15.1 Å². The molecular weight excluding hydrogens is 436 g/mol. The van der Waals surface area contributed by atoms with E-state index in [1.54, 1.807) is 0 Å². The van der Waals surface area contributed by atoms with Gasteiger partial charge in [-0.2, -0.15) is 0 Å². The van der Waals surface area contributed by atoms with E-state index in [0.717, 1.165) is 76.2 Å². The number of likely N-dealkylation sites (N-methyl/N-ethyl adjacent to an activating group) is 1. The molecule has 0 aromatic heterocycles. The molecule has 0 bridgehead atoms. The molecule has 1 aliphatic carbocycles. The summed E-state index contributed by atoms with van der Waals surface area (Å²) in [7, 11) is 4.26. The van der Waals surface area contributed by atoms with Gasteiger partial charge in [-0.1, -0.05) is 43.7 Å². The molecule has 2 aliphatic rings. The molecule has 35 heavy (non-hydrogen) atoms. The molecule has 1 unspecified atom stereocenters. The van der Waals surface area contributed by atoms with Crippen LogP contribution in [0.4, 0.5) is 10.5 Å². The van der Waals surface area contributed by atoms with E-state index in [9.17, 15) is 4.79 Å². The van der Waals surface area contributed by atoms with Crippen molar-refractivity contribution < 1.29 is 9.53 Å². The smallest absolute Gasteiger partial charge is 0.324 e. The predicted octanol–water partition coefficient (Wildman–Crippen LogP) is 5.31. The zero-order valence-electron chi connectivity index (χ0n) is 21.7. The molecule has 2 aromatic carbocycles. The molecule has 0 radical (unpaired) electrons. The summed E-state index contributed by atoms with van der Waals surface area (Å²) >= 11 is 0. The molecule has 4 rings (SSSR count). The summed E-state index contributed by atoms with van der Waals surface area (Å²) in [4.78, 5) is 19.5. The van der Waals surface area contributed by atoms with Crippen LogP contribution in [0.15, 0.2) is 54.6 Å². The second-order valence-electron chi connectivity index (χ2n) is 10.2. The fraction of sp³-hybridized carbons (Fsp3) is 0.552. The maximum Gasteiger partial charge on any atom is 0.324 e. The molecule has 6 nitrogen and oxygen atoms in total. The van der Waals surface area contributed by atoms with Gasteiger partial charge in [-0.15, -0.1) is 0 Å². The minimum absolute atomic E-state index is 0.149. The van der Waals surface area contributed by atoms with E-state index in [1.807, 2.05) is 29.2 Å². The second-order valence-corrected chi connectivity index (χ2v) is 10.2. The van der Waals surface area contributed by atoms with Gasteiger partial charge in [0.05, 0.1) is 6.61 Å². The third-order valence-electron chi connectivity index (χ3n) is 7.28. The van der Waals surface area contributed by atoms with E-state index in [2.05, 4.69) is 66.5 Å². The van der Waals surface area contributed by atoms with Crippen molar-refractivity contribution in [3.63, 3.8) is 0 Å². The van der Waals surface area contributed by atoms with Crippen molar-refractivity contribution in [1.29, 1.82) is 0 Å². The Labute approximate surface area is 211 Å². The first-order chi connectivity index (χ1) is 17.0. The third kappa shape index (κ3) is 6.77. The quantitative estimate of drug-likeness (QED) is 0.445. The van der Waals surface area contributed by atoms with Gasteiger partial charge in [0.25, 0.3) is 0 Å². The zero-order chi connectivity index (χ0) is 24.6. The van der Waals surface area contributed by atoms with E-state index in [-0.39, 0.29) is 6.03 Å². The molecule has 2 aromatic rings. The highest BCUT2D eigenvalue weighted by Crippen LogP contribution is 2.30. The van der Waals surface area contributed by atoms with Crippen LogP contribution in [0.1, 0.15) is 57.1 Å². The van der Waals surface area contributed by atoms with Crippen molar-refractivity contribution in [3.05, 3.63) is 60.2 Å². The highest BCUT2D eigenvalue weighted by molar-refractivity contribution is 5.94. The number of ether oxygens (including phenoxy) is 1. The van der Waals surface area contributed by atoms with Crippen LogP contribution in [0.25, 0.3) is 0 Å². The van der Waals surface area contributed by atoms with Crippen molar-refractivity contribution in [2.24, 2.45) is 0 Å². The number of rotatable bonds is 11. The largest absolute Gasteiger partial charge is 0.494 e. The van der Waals surface area contributed by atoms with Crippen molar-refractivity contribution >= 4 is 11.7 Å². The SMILES string of the molecule is CCCCOc1ccc(N2CCN(C3CCC(NC(CN(C)C)c4ccccc4)CC3)C2=O)cc1. The number of nitrogens with one attached hydrogen (secondary N) is 1. The van der Waals surface area contributed by atoms with E-state index >= 15 is 0 Å². The van der Waals surface area contributed by atoms with Crippen LogP contribution < -0.4 is 15.0 Å². The lowest BCUT2D eigenvalue weighted by Crippen LogP contribution is -2.46. The molecule has 2 fully saturated rings. The number of anilines is 1. The van der Waals surface area contributed by atoms with Gasteiger partial charge in [0, 0.05) is 43.4 Å². The zero-order valence-corrected chi connectivity index (χ0v) is 21.7. The molecule has 1 heterocycles. The third-order valence-corrected chi connectivity index (χ3v) is 7.28. The van der Waals surface area contributed by atoms with Crippen LogP contribution >= 0.6 is 0 Å². The van der Waals surface area contributed by atoms with Crippen LogP contribution in [0.2, 0.25) is 0 Å². The molecule has 1 saturated carbocycles. The van der Waals surface area contributed by atoms with Gasteiger partial charge in [-0.25, -0.2) is 4.79 Å².